The Labute approximate surface area is 251 Å². The molecule has 1 N–H and O–H groups in total. The molecule has 214 valence electrons. The van der Waals surface area contributed by atoms with Gasteiger partial charge in [0.1, 0.15) is 12.6 Å². The van der Waals surface area contributed by atoms with E-state index in [0.29, 0.717) is 32.6 Å². The number of rotatable bonds is 11. The second-order valence-electron chi connectivity index (χ2n) is 9.42. The quantitative estimate of drug-likeness (QED) is 0.265. The van der Waals surface area contributed by atoms with Crippen LogP contribution in [0.15, 0.2) is 71.6 Å². The smallest absolute Gasteiger partial charge is 0.264 e. The molecule has 2 atom stereocenters. The van der Waals surface area contributed by atoms with Gasteiger partial charge in [0.2, 0.25) is 11.8 Å². The van der Waals surface area contributed by atoms with E-state index in [1.165, 1.54) is 17.0 Å². The van der Waals surface area contributed by atoms with Crippen molar-refractivity contribution in [2.24, 2.45) is 0 Å². The summed E-state index contributed by atoms with van der Waals surface area (Å²) in [5.74, 6) is -1.01. The standard InChI is InChI=1S/C29H32Cl3N3O4S/c1-5-19(2)33-29(37)21(4)34(17-23-25(31)14-9-15-26(23)32)28(36)18-35(27-16-10-13-24(30)20(27)3)40(38,39)22-11-7-6-8-12-22/h6-16,19,21H,5,17-18H2,1-4H3,(H,33,37)/t19-,21-/m1/s1. The van der Waals surface area contributed by atoms with E-state index >= 15 is 0 Å². The number of carbonyl (C=O) groups excluding carboxylic acids is 2. The Balaban J connectivity index is 2.10. The molecule has 0 aliphatic rings. The van der Waals surface area contributed by atoms with Crippen LogP contribution in [-0.2, 0) is 26.2 Å². The van der Waals surface area contributed by atoms with Crippen LogP contribution in [0.2, 0.25) is 15.1 Å². The molecule has 11 heteroatoms. The number of benzene rings is 3. The number of hydrogen-bond acceptors (Lipinski definition) is 4. The lowest BCUT2D eigenvalue weighted by Crippen LogP contribution is -2.52. The van der Waals surface area contributed by atoms with Crippen molar-refractivity contribution in [3.8, 4) is 0 Å². The number of sulfonamides is 1. The summed E-state index contributed by atoms with van der Waals surface area (Å²) in [6.07, 6.45) is 0.694. The topological polar surface area (TPSA) is 86.8 Å². The average Bonchev–Trinajstić information content (AvgIpc) is 2.93. The molecule has 2 amide bonds. The summed E-state index contributed by atoms with van der Waals surface area (Å²) < 4.78 is 28.8. The number of amides is 2. The second kappa shape index (κ2) is 13.7. The molecular formula is C29H32Cl3N3O4S. The summed E-state index contributed by atoms with van der Waals surface area (Å²) in [5, 5.41) is 3.87. The molecule has 0 saturated carbocycles. The van der Waals surface area contributed by atoms with Gasteiger partial charge in [0.15, 0.2) is 0 Å². The molecule has 3 rings (SSSR count). The second-order valence-corrected chi connectivity index (χ2v) is 12.5. The fourth-order valence-corrected chi connectivity index (χ4v) is 6.18. The van der Waals surface area contributed by atoms with Crippen LogP contribution >= 0.6 is 34.8 Å². The van der Waals surface area contributed by atoms with Crippen LogP contribution in [0.3, 0.4) is 0 Å². The van der Waals surface area contributed by atoms with Crippen molar-refractivity contribution in [3.63, 3.8) is 0 Å². The van der Waals surface area contributed by atoms with Crippen molar-refractivity contribution >= 4 is 62.3 Å². The van der Waals surface area contributed by atoms with E-state index < -0.39 is 28.5 Å². The number of anilines is 1. The monoisotopic (exact) mass is 623 g/mol. The number of nitrogens with zero attached hydrogens (tertiary/aromatic N) is 2. The lowest BCUT2D eigenvalue weighted by atomic mass is 10.1. The van der Waals surface area contributed by atoms with Crippen LogP contribution in [-0.4, -0.2) is 43.8 Å². The third kappa shape index (κ3) is 7.29. The summed E-state index contributed by atoms with van der Waals surface area (Å²) in [4.78, 5) is 28.5. The molecule has 0 aliphatic heterocycles. The van der Waals surface area contributed by atoms with Gasteiger partial charge in [-0.05, 0) is 69.2 Å². The van der Waals surface area contributed by atoms with Crippen molar-refractivity contribution in [3.05, 3.63) is 92.9 Å². The van der Waals surface area contributed by atoms with Crippen molar-refractivity contribution in [1.29, 1.82) is 0 Å². The van der Waals surface area contributed by atoms with Crippen molar-refractivity contribution in [2.45, 2.75) is 57.6 Å². The Morgan fingerprint density at radius 1 is 0.875 bits per heavy atom. The third-order valence-corrected chi connectivity index (χ3v) is 9.57. The van der Waals surface area contributed by atoms with Gasteiger partial charge in [-0.25, -0.2) is 8.42 Å². The molecule has 3 aromatic rings. The Morgan fingerprint density at radius 2 is 1.45 bits per heavy atom. The molecule has 0 unspecified atom stereocenters. The van der Waals surface area contributed by atoms with Gasteiger partial charge in [-0.2, -0.15) is 0 Å². The fraction of sp³-hybridized carbons (Fsp3) is 0.310. The minimum atomic E-state index is -4.21. The molecule has 3 aromatic carbocycles. The molecule has 0 aromatic heterocycles. The third-order valence-electron chi connectivity index (χ3n) is 6.68. The number of nitrogens with one attached hydrogen (secondary N) is 1. The summed E-state index contributed by atoms with van der Waals surface area (Å²) in [7, 11) is -4.21. The predicted octanol–water partition coefficient (Wildman–Crippen LogP) is 6.48. The van der Waals surface area contributed by atoms with E-state index in [2.05, 4.69) is 5.32 Å². The van der Waals surface area contributed by atoms with E-state index in [-0.39, 0.29) is 29.1 Å². The number of carbonyl (C=O) groups is 2. The minimum Gasteiger partial charge on any atom is -0.352 e. The molecule has 0 bridgehead atoms. The zero-order chi connectivity index (χ0) is 29.6. The maximum absolute atomic E-state index is 14.1. The lowest BCUT2D eigenvalue weighted by Gasteiger charge is -2.33. The first-order chi connectivity index (χ1) is 18.9. The lowest BCUT2D eigenvalue weighted by molar-refractivity contribution is -0.139. The van der Waals surface area contributed by atoms with Crippen LogP contribution in [0.5, 0.6) is 0 Å². The van der Waals surface area contributed by atoms with Gasteiger partial charge in [0, 0.05) is 33.2 Å². The Morgan fingerprint density at radius 3 is 2.05 bits per heavy atom. The molecule has 0 saturated heterocycles. The summed E-state index contributed by atoms with van der Waals surface area (Å²) in [5.41, 5.74) is 1.18. The van der Waals surface area contributed by atoms with Crippen LogP contribution in [0.4, 0.5) is 5.69 Å². The van der Waals surface area contributed by atoms with E-state index in [0.717, 1.165) is 4.31 Å². The van der Waals surface area contributed by atoms with Crippen LogP contribution in [0.1, 0.15) is 38.3 Å². The fourth-order valence-electron chi connectivity index (χ4n) is 4.00. The first kappa shape index (κ1) is 31.7. The number of hydrogen-bond donors (Lipinski definition) is 1. The Hall–Kier alpha value is -2.78. The largest absolute Gasteiger partial charge is 0.352 e. The molecule has 40 heavy (non-hydrogen) atoms. The molecule has 0 fully saturated rings. The maximum atomic E-state index is 14.1. The van der Waals surface area contributed by atoms with E-state index in [9.17, 15) is 18.0 Å². The van der Waals surface area contributed by atoms with Gasteiger partial charge in [-0.1, -0.05) is 72.1 Å². The van der Waals surface area contributed by atoms with Gasteiger partial charge in [-0.15, -0.1) is 0 Å². The predicted molar refractivity (Wildman–Crippen MR) is 162 cm³/mol. The normalized spacial score (nSPS) is 12.9. The highest BCUT2D eigenvalue weighted by Crippen LogP contribution is 2.32. The van der Waals surface area contributed by atoms with Gasteiger partial charge < -0.3 is 10.2 Å². The SMILES string of the molecule is CC[C@@H](C)NC(=O)[C@@H](C)N(Cc1c(Cl)cccc1Cl)C(=O)CN(c1cccc(Cl)c1C)S(=O)(=O)c1ccccc1. The van der Waals surface area contributed by atoms with E-state index in [1.54, 1.807) is 68.4 Å². The summed E-state index contributed by atoms with van der Waals surface area (Å²) in [6.45, 7) is 6.35. The zero-order valence-corrected chi connectivity index (χ0v) is 25.8. The maximum Gasteiger partial charge on any atom is 0.264 e. The molecule has 7 nitrogen and oxygen atoms in total. The minimum absolute atomic E-state index is 0.00503. The average molecular weight is 625 g/mol. The van der Waals surface area contributed by atoms with Crippen molar-refractivity contribution < 1.29 is 18.0 Å². The molecular weight excluding hydrogens is 593 g/mol. The highest BCUT2D eigenvalue weighted by atomic mass is 35.5. The van der Waals surface area contributed by atoms with Crippen LogP contribution in [0.25, 0.3) is 0 Å². The summed E-state index contributed by atoms with van der Waals surface area (Å²) >= 11 is 19.2. The molecule has 0 spiro atoms. The summed E-state index contributed by atoms with van der Waals surface area (Å²) in [6, 6.07) is 16.5. The Kier molecular flexibility index (Phi) is 10.9. The highest BCUT2D eigenvalue weighted by molar-refractivity contribution is 7.92. The zero-order valence-electron chi connectivity index (χ0n) is 22.7. The van der Waals surface area contributed by atoms with Gasteiger partial charge in [0.25, 0.3) is 10.0 Å². The molecule has 0 heterocycles. The molecule has 0 radical (unpaired) electrons. The molecule has 0 aliphatic carbocycles. The van der Waals surface area contributed by atoms with Crippen LogP contribution in [0, 0.1) is 6.92 Å². The van der Waals surface area contributed by atoms with Gasteiger partial charge in [0.05, 0.1) is 10.6 Å². The van der Waals surface area contributed by atoms with Crippen molar-refractivity contribution in [2.75, 3.05) is 10.8 Å². The van der Waals surface area contributed by atoms with E-state index in [4.69, 9.17) is 34.8 Å². The van der Waals surface area contributed by atoms with Gasteiger partial charge in [-0.3, -0.25) is 13.9 Å². The first-order valence-electron chi connectivity index (χ1n) is 12.7. The van der Waals surface area contributed by atoms with Crippen LogP contribution < -0.4 is 9.62 Å². The number of halogens is 3. The first-order valence-corrected chi connectivity index (χ1v) is 15.3. The van der Waals surface area contributed by atoms with Gasteiger partial charge >= 0.3 is 0 Å². The highest BCUT2D eigenvalue weighted by Gasteiger charge is 2.34. The Bertz CT molecular complexity index is 1450. The van der Waals surface area contributed by atoms with Crippen molar-refractivity contribution in [1.82, 2.24) is 10.2 Å². The van der Waals surface area contributed by atoms with E-state index in [1.807, 2.05) is 13.8 Å².